The quantitative estimate of drug-likeness (QED) is 0.375. The van der Waals surface area contributed by atoms with Crippen LogP contribution in [0, 0.1) is 0 Å². The van der Waals surface area contributed by atoms with Gasteiger partial charge in [0.15, 0.2) is 11.5 Å². The number of anilines is 1. The molecule has 0 saturated carbocycles. The lowest BCUT2D eigenvalue weighted by molar-refractivity contribution is 0.0520. The molecule has 2 aromatic carbocycles. The Balaban J connectivity index is 1.63. The average molecular weight is 437 g/mol. The maximum atomic E-state index is 12.9. The van der Waals surface area contributed by atoms with Gasteiger partial charge < -0.3 is 34.2 Å². The van der Waals surface area contributed by atoms with Gasteiger partial charge in [0.05, 0.1) is 33.5 Å². The van der Waals surface area contributed by atoms with Crippen LogP contribution in [0.4, 0.5) is 5.69 Å². The predicted octanol–water partition coefficient (Wildman–Crippen LogP) is 4.10. The van der Waals surface area contributed by atoms with Crippen LogP contribution in [-0.4, -0.2) is 49.8 Å². The molecule has 4 rings (SSSR count). The fourth-order valence-electron chi connectivity index (χ4n) is 3.60. The molecule has 0 bridgehead atoms. The minimum absolute atomic E-state index is 0.294. The highest BCUT2D eigenvalue weighted by Crippen LogP contribution is 2.43. The molecule has 0 spiro atoms. The minimum atomic E-state index is -0.424. The molecule has 166 valence electrons. The third kappa shape index (κ3) is 3.68. The highest BCUT2D eigenvalue weighted by Gasteiger charge is 2.20. The van der Waals surface area contributed by atoms with Crippen molar-refractivity contribution in [3.63, 3.8) is 0 Å². The topological polar surface area (TPSA) is 115 Å². The predicted molar refractivity (Wildman–Crippen MR) is 120 cm³/mol. The van der Waals surface area contributed by atoms with E-state index in [2.05, 4.69) is 15.3 Å². The van der Waals surface area contributed by atoms with Gasteiger partial charge in [-0.05, 0) is 37.3 Å². The van der Waals surface area contributed by atoms with Crippen molar-refractivity contribution in [3.8, 4) is 17.2 Å². The lowest BCUT2D eigenvalue weighted by Crippen LogP contribution is -2.12. The van der Waals surface area contributed by atoms with Crippen molar-refractivity contribution >= 4 is 39.4 Å². The molecular weight excluding hydrogens is 414 g/mol. The zero-order chi connectivity index (χ0) is 22.8. The van der Waals surface area contributed by atoms with E-state index < -0.39 is 5.97 Å². The van der Waals surface area contributed by atoms with Crippen molar-refractivity contribution in [1.82, 2.24) is 9.97 Å². The molecule has 0 unspecified atom stereocenters. The Morgan fingerprint density at radius 1 is 0.875 bits per heavy atom. The Bertz CT molecular complexity index is 1320. The first-order valence-electron chi connectivity index (χ1n) is 9.92. The molecule has 0 atom stereocenters. The van der Waals surface area contributed by atoms with E-state index in [9.17, 15) is 9.59 Å². The number of esters is 1. The molecule has 1 amide bonds. The zero-order valence-corrected chi connectivity index (χ0v) is 18.1. The second-order valence-electron chi connectivity index (χ2n) is 6.95. The number of carbonyl (C=O) groups excluding carboxylic acids is 2. The summed E-state index contributed by atoms with van der Waals surface area (Å²) < 4.78 is 21.3. The fraction of sp³-hybridized carbons (Fsp3) is 0.217. The Hall–Kier alpha value is -4.14. The first kappa shape index (κ1) is 21.1. The van der Waals surface area contributed by atoms with Crippen LogP contribution in [-0.2, 0) is 4.74 Å². The molecule has 2 aromatic heterocycles. The van der Waals surface area contributed by atoms with Crippen molar-refractivity contribution in [1.29, 1.82) is 0 Å². The van der Waals surface area contributed by atoms with E-state index in [4.69, 9.17) is 18.9 Å². The Kier molecular flexibility index (Phi) is 5.63. The number of aromatic amines is 2. The van der Waals surface area contributed by atoms with Gasteiger partial charge in [-0.15, -0.1) is 0 Å². The van der Waals surface area contributed by atoms with Crippen LogP contribution in [0.15, 0.2) is 36.4 Å². The maximum Gasteiger partial charge on any atom is 0.354 e. The third-order valence-electron chi connectivity index (χ3n) is 5.05. The number of ether oxygens (including phenoxy) is 4. The van der Waals surface area contributed by atoms with Gasteiger partial charge in [-0.3, -0.25) is 4.79 Å². The molecular formula is C23H23N3O6. The van der Waals surface area contributed by atoms with E-state index in [1.54, 1.807) is 43.3 Å². The Labute approximate surface area is 183 Å². The van der Waals surface area contributed by atoms with Crippen LogP contribution in [0.1, 0.15) is 27.9 Å². The summed E-state index contributed by atoms with van der Waals surface area (Å²) in [7, 11) is 4.58. The second-order valence-corrected chi connectivity index (χ2v) is 6.95. The first-order valence-corrected chi connectivity index (χ1v) is 9.92. The molecule has 9 heteroatoms. The van der Waals surface area contributed by atoms with Gasteiger partial charge >= 0.3 is 5.97 Å². The lowest BCUT2D eigenvalue weighted by atomic mass is 10.2. The number of nitrogens with one attached hydrogen (secondary N) is 3. The molecule has 9 nitrogen and oxygen atoms in total. The summed E-state index contributed by atoms with van der Waals surface area (Å²) in [6.07, 6.45) is 0. The summed E-state index contributed by atoms with van der Waals surface area (Å²) in [5, 5.41) is 4.33. The minimum Gasteiger partial charge on any atom is -0.493 e. The number of amides is 1. The van der Waals surface area contributed by atoms with E-state index in [1.807, 2.05) is 0 Å². The number of hydrogen-bond acceptors (Lipinski definition) is 6. The van der Waals surface area contributed by atoms with E-state index in [1.165, 1.54) is 21.3 Å². The van der Waals surface area contributed by atoms with Gasteiger partial charge in [0.1, 0.15) is 11.4 Å². The Morgan fingerprint density at radius 3 is 2.31 bits per heavy atom. The van der Waals surface area contributed by atoms with Crippen LogP contribution < -0.4 is 19.5 Å². The number of rotatable bonds is 7. The standard InChI is InChI=1S/C23H23N3O6/c1-5-32-23(28)18-9-12-8-13(6-7-15(12)25-18)24-22(27)17-10-14-16(26-17)11-19(29-2)21(31-4)20(14)30-3/h6-11,25-26H,5H2,1-4H3,(H,24,27). The van der Waals surface area contributed by atoms with E-state index >= 15 is 0 Å². The lowest BCUT2D eigenvalue weighted by Gasteiger charge is -2.12. The number of benzene rings is 2. The van der Waals surface area contributed by atoms with E-state index in [-0.39, 0.29) is 5.91 Å². The SMILES string of the molecule is CCOC(=O)c1cc2cc(NC(=O)c3cc4c(OC)c(OC)c(OC)cc4[nH]3)ccc2[nH]1. The molecule has 0 saturated heterocycles. The molecule has 3 N–H and O–H groups in total. The van der Waals surface area contributed by atoms with Crippen molar-refractivity contribution in [2.75, 3.05) is 33.3 Å². The molecule has 0 fully saturated rings. The molecule has 2 heterocycles. The van der Waals surface area contributed by atoms with Gasteiger partial charge in [0, 0.05) is 28.0 Å². The molecule has 32 heavy (non-hydrogen) atoms. The summed E-state index contributed by atoms with van der Waals surface area (Å²) in [5.41, 5.74) is 2.72. The van der Waals surface area contributed by atoms with E-state index in [0.29, 0.717) is 51.8 Å². The molecule has 4 aromatic rings. The van der Waals surface area contributed by atoms with Crippen molar-refractivity contribution < 1.29 is 28.5 Å². The number of hydrogen-bond donors (Lipinski definition) is 3. The number of aromatic nitrogens is 2. The number of fused-ring (bicyclic) bond motifs is 2. The Morgan fingerprint density at radius 2 is 1.62 bits per heavy atom. The summed E-state index contributed by atoms with van der Waals surface area (Å²) in [6, 6.07) is 10.4. The van der Waals surface area contributed by atoms with Crippen LogP contribution >= 0.6 is 0 Å². The van der Waals surface area contributed by atoms with Gasteiger partial charge in [-0.2, -0.15) is 0 Å². The highest BCUT2D eigenvalue weighted by molar-refractivity contribution is 6.08. The first-order chi connectivity index (χ1) is 15.5. The molecule has 0 radical (unpaired) electrons. The molecule has 0 aliphatic carbocycles. The van der Waals surface area contributed by atoms with Gasteiger partial charge in [0.25, 0.3) is 5.91 Å². The molecule has 0 aliphatic heterocycles. The number of carbonyl (C=O) groups is 2. The number of methoxy groups -OCH3 is 3. The summed E-state index contributed by atoms with van der Waals surface area (Å²) in [4.78, 5) is 30.9. The second kappa shape index (κ2) is 8.54. The van der Waals surface area contributed by atoms with E-state index in [0.717, 1.165) is 10.9 Å². The van der Waals surface area contributed by atoms with Crippen LogP contribution in [0.3, 0.4) is 0 Å². The monoisotopic (exact) mass is 437 g/mol. The zero-order valence-electron chi connectivity index (χ0n) is 18.1. The largest absolute Gasteiger partial charge is 0.493 e. The molecule has 0 aliphatic rings. The van der Waals surface area contributed by atoms with Crippen LogP contribution in [0.25, 0.3) is 21.8 Å². The van der Waals surface area contributed by atoms with Crippen LogP contribution in [0.5, 0.6) is 17.2 Å². The van der Waals surface area contributed by atoms with Crippen LogP contribution in [0.2, 0.25) is 0 Å². The number of H-pyrrole nitrogens is 2. The summed E-state index contributed by atoms with van der Waals surface area (Å²) in [6.45, 7) is 2.04. The normalized spacial score (nSPS) is 10.9. The average Bonchev–Trinajstić information content (AvgIpc) is 3.41. The van der Waals surface area contributed by atoms with Crippen molar-refractivity contribution in [2.24, 2.45) is 0 Å². The van der Waals surface area contributed by atoms with Gasteiger partial charge in [0.2, 0.25) is 5.75 Å². The fourth-order valence-corrected chi connectivity index (χ4v) is 3.60. The van der Waals surface area contributed by atoms with Gasteiger partial charge in [-0.25, -0.2) is 4.79 Å². The van der Waals surface area contributed by atoms with Crippen molar-refractivity contribution in [2.45, 2.75) is 6.92 Å². The third-order valence-corrected chi connectivity index (χ3v) is 5.05. The van der Waals surface area contributed by atoms with Crippen molar-refractivity contribution in [3.05, 3.63) is 47.8 Å². The summed E-state index contributed by atoms with van der Waals surface area (Å²) in [5.74, 6) is 0.649. The smallest absolute Gasteiger partial charge is 0.354 e. The summed E-state index contributed by atoms with van der Waals surface area (Å²) >= 11 is 0. The highest BCUT2D eigenvalue weighted by atomic mass is 16.5. The maximum absolute atomic E-state index is 12.9. The van der Waals surface area contributed by atoms with Gasteiger partial charge in [-0.1, -0.05) is 0 Å².